The van der Waals surface area contributed by atoms with Crippen LogP contribution in [-0.4, -0.2) is 59.7 Å². The minimum Gasteiger partial charge on any atom is -0.507 e. The van der Waals surface area contributed by atoms with E-state index in [2.05, 4.69) is 0 Å². The predicted octanol–water partition coefficient (Wildman–Crippen LogP) is 2.99. The molecule has 0 aromatic heterocycles. The van der Waals surface area contributed by atoms with E-state index in [1.54, 1.807) is 9.80 Å². The van der Waals surface area contributed by atoms with Gasteiger partial charge in [-0.3, -0.25) is 4.79 Å². The van der Waals surface area contributed by atoms with Crippen molar-refractivity contribution in [1.29, 1.82) is 0 Å². The zero-order chi connectivity index (χ0) is 17.7. The Bertz CT molecular complexity index is 606. The zero-order valence-electron chi connectivity index (χ0n) is 14.0. The quantitative estimate of drug-likeness (QED) is 0.905. The molecule has 1 N–H and O–H groups in total. The van der Waals surface area contributed by atoms with E-state index in [1.807, 2.05) is 13.8 Å². The number of aromatic hydroxyl groups is 1. The number of halogens is 1. The molecule has 0 spiro atoms. The third kappa shape index (κ3) is 4.77. The Labute approximate surface area is 146 Å². The van der Waals surface area contributed by atoms with Gasteiger partial charge in [0.25, 0.3) is 5.91 Å². The maximum atomic E-state index is 12.6. The molecule has 1 aromatic rings. The number of carbonyl (C=O) groups excluding carboxylic acids is 2. The number of amides is 2. The summed E-state index contributed by atoms with van der Waals surface area (Å²) in [6.07, 6.45) is 0.313. The molecule has 6 nitrogen and oxygen atoms in total. The first-order chi connectivity index (χ1) is 11.4. The summed E-state index contributed by atoms with van der Waals surface area (Å²) in [5.74, 6) is -0.0981. The van der Waals surface area contributed by atoms with Crippen LogP contribution in [0.5, 0.6) is 5.75 Å². The lowest BCUT2D eigenvalue weighted by Crippen LogP contribution is -2.38. The molecule has 0 saturated carbocycles. The lowest BCUT2D eigenvalue weighted by atomic mass is 10.1. The summed E-state index contributed by atoms with van der Waals surface area (Å²) in [5.41, 5.74) is 0.179. The number of ether oxygens (including phenoxy) is 1. The van der Waals surface area contributed by atoms with E-state index in [-0.39, 0.29) is 29.2 Å². The second-order valence-electron chi connectivity index (χ2n) is 6.27. The van der Waals surface area contributed by atoms with Crippen molar-refractivity contribution >= 4 is 23.6 Å². The highest BCUT2D eigenvalue weighted by molar-refractivity contribution is 6.31. The van der Waals surface area contributed by atoms with E-state index in [1.165, 1.54) is 18.2 Å². The molecule has 1 aromatic carbocycles. The predicted molar refractivity (Wildman–Crippen MR) is 91.4 cm³/mol. The number of rotatable bonds is 3. The smallest absolute Gasteiger partial charge is 0.409 e. The van der Waals surface area contributed by atoms with E-state index >= 15 is 0 Å². The molecule has 24 heavy (non-hydrogen) atoms. The molecule has 1 aliphatic heterocycles. The van der Waals surface area contributed by atoms with Crippen molar-refractivity contribution in [3.63, 3.8) is 0 Å². The summed E-state index contributed by atoms with van der Waals surface area (Å²) < 4.78 is 5.24. The third-order valence-electron chi connectivity index (χ3n) is 3.77. The second kappa shape index (κ2) is 8.24. The van der Waals surface area contributed by atoms with Crippen LogP contribution >= 0.6 is 11.6 Å². The van der Waals surface area contributed by atoms with Crippen LogP contribution < -0.4 is 0 Å². The number of phenolic OH excluding ortho intramolecular Hbond substituents is 1. The minimum atomic E-state index is -0.344. The lowest BCUT2D eigenvalue weighted by Gasteiger charge is -2.22. The summed E-state index contributed by atoms with van der Waals surface area (Å²) in [5, 5.41) is 10.3. The Morgan fingerprint density at radius 3 is 2.58 bits per heavy atom. The van der Waals surface area contributed by atoms with Crippen molar-refractivity contribution in [3.05, 3.63) is 28.8 Å². The van der Waals surface area contributed by atoms with Gasteiger partial charge in [0, 0.05) is 31.2 Å². The molecule has 1 aliphatic rings. The van der Waals surface area contributed by atoms with Crippen LogP contribution in [0.1, 0.15) is 30.6 Å². The number of hydrogen-bond acceptors (Lipinski definition) is 4. The Hall–Kier alpha value is -1.95. The fourth-order valence-corrected chi connectivity index (χ4v) is 2.65. The summed E-state index contributed by atoms with van der Waals surface area (Å²) in [4.78, 5) is 27.9. The molecule has 0 unspecified atom stereocenters. The fourth-order valence-electron chi connectivity index (χ4n) is 2.48. The fraction of sp³-hybridized carbons (Fsp3) is 0.529. The third-order valence-corrected chi connectivity index (χ3v) is 4.01. The molecule has 1 fully saturated rings. The second-order valence-corrected chi connectivity index (χ2v) is 6.70. The average Bonchev–Trinajstić information content (AvgIpc) is 2.80. The molecule has 132 valence electrons. The molecule has 2 rings (SSSR count). The summed E-state index contributed by atoms with van der Waals surface area (Å²) in [6.45, 7) is 6.20. The van der Waals surface area contributed by atoms with Gasteiger partial charge in [0.2, 0.25) is 0 Å². The van der Waals surface area contributed by atoms with Gasteiger partial charge in [0.1, 0.15) is 5.75 Å². The summed E-state index contributed by atoms with van der Waals surface area (Å²) in [7, 11) is 0. The maximum Gasteiger partial charge on any atom is 0.409 e. The Morgan fingerprint density at radius 2 is 1.88 bits per heavy atom. The van der Waals surface area contributed by atoms with E-state index in [0.29, 0.717) is 44.2 Å². The van der Waals surface area contributed by atoms with E-state index in [4.69, 9.17) is 16.3 Å². The van der Waals surface area contributed by atoms with Crippen LogP contribution in [0, 0.1) is 5.92 Å². The van der Waals surface area contributed by atoms with Gasteiger partial charge in [0.05, 0.1) is 12.2 Å². The highest BCUT2D eigenvalue weighted by Crippen LogP contribution is 2.23. The van der Waals surface area contributed by atoms with Crippen molar-refractivity contribution in [3.8, 4) is 5.75 Å². The van der Waals surface area contributed by atoms with Crippen molar-refractivity contribution in [1.82, 2.24) is 9.80 Å². The monoisotopic (exact) mass is 354 g/mol. The highest BCUT2D eigenvalue weighted by Gasteiger charge is 2.25. The number of phenols is 1. The molecule has 0 atom stereocenters. The zero-order valence-corrected chi connectivity index (χ0v) is 14.8. The number of carbonyl (C=O) groups is 2. The molecule has 0 aliphatic carbocycles. The van der Waals surface area contributed by atoms with Gasteiger partial charge >= 0.3 is 6.09 Å². The summed E-state index contributed by atoms with van der Waals surface area (Å²) >= 11 is 5.91. The van der Waals surface area contributed by atoms with Crippen LogP contribution in [0.2, 0.25) is 5.02 Å². The van der Waals surface area contributed by atoms with Gasteiger partial charge in [-0.1, -0.05) is 25.4 Å². The first-order valence-corrected chi connectivity index (χ1v) is 8.45. The topological polar surface area (TPSA) is 70.1 Å². The van der Waals surface area contributed by atoms with Crippen LogP contribution in [0.4, 0.5) is 4.79 Å². The molecule has 0 radical (unpaired) electrons. The molecule has 2 amide bonds. The van der Waals surface area contributed by atoms with E-state index in [0.717, 1.165) is 0 Å². The van der Waals surface area contributed by atoms with Gasteiger partial charge in [-0.15, -0.1) is 0 Å². The molecule has 0 bridgehead atoms. The molecular weight excluding hydrogens is 332 g/mol. The van der Waals surface area contributed by atoms with Gasteiger partial charge in [-0.2, -0.15) is 0 Å². The normalized spacial score (nSPS) is 15.3. The minimum absolute atomic E-state index is 0.0955. The number of hydrogen-bond donors (Lipinski definition) is 1. The molecule has 1 saturated heterocycles. The van der Waals surface area contributed by atoms with Gasteiger partial charge in [-0.25, -0.2) is 4.79 Å². The van der Waals surface area contributed by atoms with Gasteiger partial charge in [-0.05, 0) is 30.5 Å². The van der Waals surface area contributed by atoms with Crippen LogP contribution in [0.3, 0.4) is 0 Å². The number of nitrogens with zero attached hydrogens (tertiary/aromatic N) is 2. The van der Waals surface area contributed by atoms with Gasteiger partial charge < -0.3 is 19.6 Å². The van der Waals surface area contributed by atoms with Crippen LogP contribution in [-0.2, 0) is 4.74 Å². The van der Waals surface area contributed by atoms with Crippen LogP contribution in [0.25, 0.3) is 0 Å². The Balaban J connectivity index is 1.98. The van der Waals surface area contributed by atoms with Crippen molar-refractivity contribution in [2.75, 3.05) is 32.8 Å². The molecule has 7 heteroatoms. The Morgan fingerprint density at radius 1 is 1.21 bits per heavy atom. The molecular formula is C17H23ClN2O4. The highest BCUT2D eigenvalue weighted by atomic mass is 35.5. The SMILES string of the molecule is CC(C)COC(=O)N1CCCN(C(=O)c2cc(Cl)ccc2O)CC1. The Kier molecular flexibility index (Phi) is 6.31. The maximum absolute atomic E-state index is 12.6. The van der Waals surface area contributed by atoms with Crippen molar-refractivity contribution in [2.45, 2.75) is 20.3 Å². The van der Waals surface area contributed by atoms with Gasteiger partial charge in [0.15, 0.2) is 0 Å². The first kappa shape index (κ1) is 18.4. The standard InChI is InChI=1S/C17H23ClN2O4/c1-12(2)11-24-17(23)20-7-3-6-19(8-9-20)16(22)14-10-13(18)4-5-15(14)21/h4-5,10,12,21H,3,6-9,11H2,1-2H3. The van der Waals surface area contributed by atoms with E-state index in [9.17, 15) is 14.7 Å². The lowest BCUT2D eigenvalue weighted by molar-refractivity contribution is 0.0743. The van der Waals surface area contributed by atoms with Crippen molar-refractivity contribution in [2.24, 2.45) is 5.92 Å². The van der Waals surface area contributed by atoms with Crippen molar-refractivity contribution < 1.29 is 19.4 Å². The van der Waals surface area contributed by atoms with Crippen LogP contribution in [0.15, 0.2) is 18.2 Å². The average molecular weight is 355 g/mol. The number of benzene rings is 1. The summed E-state index contributed by atoms with van der Waals surface area (Å²) in [6, 6.07) is 4.39. The molecule has 1 heterocycles. The largest absolute Gasteiger partial charge is 0.507 e. The first-order valence-electron chi connectivity index (χ1n) is 8.08. The van der Waals surface area contributed by atoms with E-state index < -0.39 is 0 Å².